The van der Waals surface area contributed by atoms with Crippen molar-refractivity contribution in [2.24, 2.45) is 5.73 Å². The number of hydrogen-bond acceptors (Lipinski definition) is 2. The molecule has 4 heteroatoms. The fourth-order valence-corrected chi connectivity index (χ4v) is 2.65. The van der Waals surface area contributed by atoms with E-state index < -0.39 is 12.0 Å². The Morgan fingerprint density at radius 1 is 1.53 bits per heavy atom. The Bertz CT molecular complexity index is 641. The van der Waals surface area contributed by atoms with Crippen molar-refractivity contribution < 1.29 is 9.90 Å². The lowest BCUT2D eigenvalue weighted by Gasteiger charge is -2.06. The third kappa shape index (κ3) is 2.24. The summed E-state index contributed by atoms with van der Waals surface area (Å²) in [6, 6.07) is 5.59. The maximum Gasteiger partial charge on any atom is 0.320 e. The Morgan fingerprint density at radius 2 is 2.26 bits per heavy atom. The number of aromatic nitrogens is 1. The summed E-state index contributed by atoms with van der Waals surface area (Å²) >= 11 is 0. The number of rotatable bonds is 4. The molecule has 1 aromatic heterocycles. The number of fused-ring (bicyclic) bond motifs is 1. The molecule has 19 heavy (non-hydrogen) atoms. The van der Waals surface area contributed by atoms with Crippen LogP contribution in [0.15, 0.2) is 18.2 Å². The summed E-state index contributed by atoms with van der Waals surface area (Å²) in [4.78, 5) is 14.2. The molecule has 4 nitrogen and oxygen atoms in total. The van der Waals surface area contributed by atoms with E-state index in [1.807, 2.05) is 6.92 Å². The van der Waals surface area contributed by atoms with Gasteiger partial charge in [-0.25, -0.2) is 0 Å². The summed E-state index contributed by atoms with van der Waals surface area (Å²) < 4.78 is 0. The predicted molar refractivity (Wildman–Crippen MR) is 74.3 cm³/mol. The van der Waals surface area contributed by atoms with E-state index in [0.29, 0.717) is 6.42 Å². The zero-order chi connectivity index (χ0) is 13.6. The number of carbonyl (C=O) groups is 1. The molecule has 0 radical (unpaired) electrons. The quantitative estimate of drug-likeness (QED) is 0.787. The summed E-state index contributed by atoms with van der Waals surface area (Å²) in [6.45, 7) is 1.97. The summed E-state index contributed by atoms with van der Waals surface area (Å²) in [5.41, 5.74) is 10.1. The minimum Gasteiger partial charge on any atom is -0.480 e. The van der Waals surface area contributed by atoms with Gasteiger partial charge >= 0.3 is 5.97 Å². The van der Waals surface area contributed by atoms with E-state index in [0.717, 1.165) is 28.1 Å². The number of nitrogens with two attached hydrogens (primary N) is 1. The monoisotopic (exact) mass is 258 g/mol. The molecule has 100 valence electrons. The molecule has 1 fully saturated rings. The molecule has 2 aromatic rings. The lowest BCUT2D eigenvalue weighted by molar-refractivity contribution is -0.138. The van der Waals surface area contributed by atoms with Gasteiger partial charge in [0, 0.05) is 23.0 Å². The first kappa shape index (κ1) is 12.2. The molecule has 1 unspecified atom stereocenters. The van der Waals surface area contributed by atoms with Crippen LogP contribution < -0.4 is 5.73 Å². The van der Waals surface area contributed by atoms with Crippen molar-refractivity contribution in [1.82, 2.24) is 4.98 Å². The number of aromatic amines is 1. The molecular weight excluding hydrogens is 240 g/mol. The number of benzene rings is 1. The minimum atomic E-state index is -0.955. The summed E-state index contributed by atoms with van der Waals surface area (Å²) in [5.74, 6) is -0.235. The van der Waals surface area contributed by atoms with Crippen LogP contribution in [0.5, 0.6) is 0 Å². The molecule has 1 heterocycles. The second-order valence-corrected chi connectivity index (χ2v) is 5.46. The first-order valence-corrected chi connectivity index (χ1v) is 6.65. The van der Waals surface area contributed by atoms with Crippen LogP contribution in [-0.2, 0) is 11.2 Å². The van der Waals surface area contributed by atoms with Crippen LogP contribution in [0, 0.1) is 6.92 Å². The third-order valence-electron chi connectivity index (χ3n) is 3.93. The van der Waals surface area contributed by atoms with Crippen molar-refractivity contribution in [2.45, 2.75) is 38.1 Å². The molecule has 0 bridgehead atoms. The molecule has 4 N–H and O–H groups in total. The Morgan fingerprint density at radius 3 is 2.89 bits per heavy atom. The topological polar surface area (TPSA) is 79.1 Å². The first-order chi connectivity index (χ1) is 9.06. The van der Waals surface area contributed by atoms with Crippen molar-refractivity contribution in [3.63, 3.8) is 0 Å². The van der Waals surface area contributed by atoms with Crippen LogP contribution in [-0.4, -0.2) is 22.1 Å². The van der Waals surface area contributed by atoms with Gasteiger partial charge in [-0.05, 0) is 42.9 Å². The highest BCUT2D eigenvalue weighted by atomic mass is 16.4. The van der Waals surface area contributed by atoms with E-state index >= 15 is 0 Å². The van der Waals surface area contributed by atoms with E-state index in [1.54, 1.807) is 0 Å². The van der Waals surface area contributed by atoms with Crippen molar-refractivity contribution in [2.75, 3.05) is 0 Å². The fraction of sp³-hybridized carbons (Fsp3) is 0.400. The molecule has 1 atom stereocenters. The van der Waals surface area contributed by atoms with E-state index in [-0.39, 0.29) is 0 Å². The highest BCUT2D eigenvalue weighted by Gasteiger charge is 2.24. The molecule has 1 aromatic carbocycles. The van der Waals surface area contributed by atoms with Gasteiger partial charge in [0.2, 0.25) is 0 Å². The van der Waals surface area contributed by atoms with Gasteiger partial charge in [0.15, 0.2) is 0 Å². The number of carboxylic acid groups (broad SMARTS) is 1. The molecule has 1 saturated carbocycles. The number of carboxylic acids is 1. The number of H-pyrrole nitrogens is 1. The number of aryl methyl sites for hydroxylation is 1. The average Bonchev–Trinajstić information content (AvgIpc) is 3.16. The predicted octanol–water partition coefficient (Wildman–Crippen LogP) is 2.31. The highest BCUT2D eigenvalue weighted by Crippen LogP contribution is 2.41. The van der Waals surface area contributed by atoms with Crippen LogP contribution >= 0.6 is 0 Å². The van der Waals surface area contributed by atoms with Crippen LogP contribution in [0.3, 0.4) is 0 Å². The third-order valence-corrected chi connectivity index (χ3v) is 3.93. The van der Waals surface area contributed by atoms with Crippen molar-refractivity contribution >= 4 is 16.9 Å². The van der Waals surface area contributed by atoms with Crippen LogP contribution in [0.2, 0.25) is 0 Å². The Labute approximate surface area is 111 Å². The lowest BCUT2D eigenvalue weighted by Crippen LogP contribution is -2.32. The van der Waals surface area contributed by atoms with E-state index in [2.05, 4.69) is 23.2 Å². The molecule has 1 aliphatic carbocycles. The Kier molecular flexibility index (Phi) is 2.82. The summed E-state index contributed by atoms with van der Waals surface area (Å²) in [6.07, 6.45) is 2.92. The van der Waals surface area contributed by atoms with Crippen molar-refractivity contribution in [1.29, 1.82) is 0 Å². The number of hydrogen-bond donors (Lipinski definition) is 3. The van der Waals surface area contributed by atoms with E-state index in [9.17, 15) is 4.79 Å². The zero-order valence-electron chi connectivity index (χ0n) is 10.9. The smallest absolute Gasteiger partial charge is 0.320 e. The fourth-order valence-electron chi connectivity index (χ4n) is 2.65. The van der Waals surface area contributed by atoms with Gasteiger partial charge in [-0.3, -0.25) is 4.79 Å². The van der Waals surface area contributed by atoms with Crippen LogP contribution in [0.25, 0.3) is 10.9 Å². The molecule has 3 rings (SSSR count). The van der Waals surface area contributed by atoms with Crippen LogP contribution in [0.1, 0.15) is 35.6 Å². The SMILES string of the molecule is Cc1[nH]c2cc(C3CC3)ccc2c1CC(N)C(=O)O. The summed E-state index contributed by atoms with van der Waals surface area (Å²) in [5, 5.41) is 10.0. The zero-order valence-corrected chi connectivity index (χ0v) is 10.9. The lowest BCUT2D eigenvalue weighted by atomic mass is 10.0. The maximum atomic E-state index is 10.9. The van der Waals surface area contributed by atoms with Gasteiger partial charge in [-0.1, -0.05) is 12.1 Å². The molecule has 0 saturated heterocycles. The Hall–Kier alpha value is -1.81. The van der Waals surface area contributed by atoms with Crippen LogP contribution in [0.4, 0.5) is 0 Å². The second kappa shape index (κ2) is 4.38. The number of aliphatic carboxylic acids is 1. The van der Waals surface area contributed by atoms with Gasteiger partial charge in [-0.2, -0.15) is 0 Å². The molecular formula is C15H18N2O2. The molecule has 0 aliphatic heterocycles. The average molecular weight is 258 g/mol. The van der Waals surface area contributed by atoms with Gasteiger partial charge in [0.1, 0.15) is 6.04 Å². The number of nitrogens with one attached hydrogen (secondary N) is 1. The van der Waals surface area contributed by atoms with Gasteiger partial charge < -0.3 is 15.8 Å². The molecule has 0 amide bonds. The normalized spacial score (nSPS) is 16.7. The maximum absolute atomic E-state index is 10.9. The summed E-state index contributed by atoms with van der Waals surface area (Å²) in [7, 11) is 0. The largest absolute Gasteiger partial charge is 0.480 e. The first-order valence-electron chi connectivity index (χ1n) is 6.65. The van der Waals surface area contributed by atoms with E-state index in [4.69, 9.17) is 10.8 Å². The standard InChI is InChI=1S/C15H18N2O2/c1-8-12(7-13(16)15(18)19)11-5-4-10(9-2-3-9)6-14(11)17-8/h4-6,9,13,17H,2-3,7,16H2,1H3,(H,18,19). The van der Waals surface area contributed by atoms with Gasteiger partial charge in [-0.15, -0.1) is 0 Å². The minimum absolute atomic E-state index is 0.365. The van der Waals surface area contributed by atoms with Gasteiger partial charge in [0.05, 0.1) is 0 Å². The van der Waals surface area contributed by atoms with Crippen molar-refractivity contribution in [3.05, 3.63) is 35.0 Å². The van der Waals surface area contributed by atoms with Crippen molar-refractivity contribution in [3.8, 4) is 0 Å². The van der Waals surface area contributed by atoms with Gasteiger partial charge in [0.25, 0.3) is 0 Å². The van der Waals surface area contributed by atoms with E-state index in [1.165, 1.54) is 18.4 Å². The molecule has 0 spiro atoms. The molecule has 1 aliphatic rings. The highest BCUT2D eigenvalue weighted by molar-refractivity contribution is 5.86. The Balaban J connectivity index is 1.99. The second-order valence-electron chi connectivity index (χ2n) is 5.46.